The molecule has 0 bridgehead atoms. The molecule has 0 aromatic carbocycles. The van der Waals surface area contributed by atoms with E-state index in [0.29, 0.717) is 19.6 Å². The van der Waals surface area contributed by atoms with Crippen molar-refractivity contribution in [3.8, 4) is 0 Å². The van der Waals surface area contributed by atoms with Crippen LogP contribution in [-0.2, 0) is 14.3 Å². The first-order valence-electron chi connectivity index (χ1n) is 13.8. The summed E-state index contributed by atoms with van der Waals surface area (Å²) in [5, 5.41) is 9.39. The standard InChI is InChI=1S/C28H54O4/c1-3-5-7-9-10-11-12-13-14-15-16-17-18-20-22-24-31-26-27(25-29)32-28(30)23-21-19-8-6-4-2/h12-13,27,29H,3-11,14-26H2,1-2H3/b13-12-. The first-order valence-corrected chi connectivity index (χ1v) is 13.8. The van der Waals surface area contributed by atoms with Crippen LogP contribution < -0.4 is 0 Å². The molecule has 0 amide bonds. The van der Waals surface area contributed by atoms with Crippen molar-refractivity contribution in [2.45, 2.75) is 142 Å². The first-order chi connectivity index (χ1) is 15.7. The summed E-state index contributed by atoms with van der Waals surface area (Å²) in [7, 11) is 0. The third-order valence-electron chi connectivity index (χ3n) is 5.84. The molecule has 1 N–H and O–H groups in total. The fraction of sp³-hybridized carbons (Fsp3) is 0.893. The third-order valence-corrected chi connectivity index (χ3v) is 5.84. The number of rotatable bonds is 25. The number of allylic oxidation sites excluding steroid dienone is 2. The van der Waals surface area contributed by atoms with E-state index in [9.17, 15) is 9.90 Å². The molecule has 1 atom stereocenters. The number of carbonyl (C=O) groups is 1. The number of aliphatic hydroxyl groups is 1. The summed E-state index contributed by atoms with van der Waals surface area (Å²) in [6, 6.07) is 0. The minimum Gasteiger partial charge on any atom is -0.457 e. The fourth-order valence-corrected chi connectivity index (χ4v) is 3.73. The van der Waals surface area contributed by atoms with Gasteiger partial charge in [-0.3, -0.25) is 4.79 Å². The minimum atomic E-state index is -0.525. The zero-order valence-electron chi connectivity index (χ0n) is 21.5. The lowest BCUT2D eigenvalue weighted by atomic mass is 10.1. The summed E-state index contributed by atoms with van der Waals surface area (Å²) in [5.41, 5.74) is 0. The topological polar surface area (TPSA) is 55.8 Å². The van der Waals surface area contributed by atoms with Gasteiger partial charge >= 0.3 is 5.97 Å². The van der Waals surface area contributed by atoms with E-state index in [0.717, 1.165) is 19.3 Å². The zero-order valence-corrected chi connectivity index (χ0v) is 21.5. The molecule has 190 valence electrons. The molecular formula is C28H54O4. The van der Waals surface area contributed by atoms with Crippen molar-refractivity contribution in [1.29, 1.82) is 0 Å². The van der Waals surface area contributed by atoms with E-state index in [2.05, 4.69) is 26.0 Å². The van der Waals surface area contributed by atoms with Crippen molar-refractivity contribution >= 4 is 5.97 Å². The van der Waals surface area contributed by atoms with Crippen LogP contribution >= 0.6 is 0 Å². The van der Waals surface area contributed by atoms with Gasteiger partial charge in [0.05, 0.1) is 13.2 Å². The Morgan fingerprint density at radius 2 is 1.22 bits per heavy atom. The molecule has 32 heavy (non-hydrogen) atoms. The predicted molar refractivity (Wildman–Crippen MR) is 136 cm³/mol. The Bertz CT molecular complexity index is 408. The van der Waals surface area contributed by atoms with Crippen molar-refractivity contribution in [3.63, 3.8) is 0 Å². The lowest BCUT2D eigenvalue weighted by Crippen LogP contribution is -2.27. The highest BCUT2D eigenvalue weighted by Crippen LogP contribution is 2.10. The molecule has 0 saturated heterocycles. The van der Waals surface area contributed by atoms with E-state index in [1.165, 1.54) is 96.3 Å². The second kappa shape index (κ2) is 26.4. The first kappa shape index (κ1) is 31.1. The molecule has 0 saturated carbocycles. The largest absolute Gasteiger partial charge is 0.457 e. The highest BCUT2D eigenvalue weighted by molar-refractivity contribution is 5.69. The molecule has 0 radical (unpaired) electrons. The number of hydrogen-bond donors (Lipinski definition) is 1. The van der Waals surface area contributed by atoms with Crippen molar-refractivity contribution < 1.29 is 19.4 Å². The molecule has 0 aromatic rings. The van der Waals surface area contributed by atoms with Crippen LogP contribution in [0.15, 0.2) is 12.2 Å². The molecule has 1 unspecified atom stereocenters. The second-order valence-electron chi connectivity index (χ2n) is 9.12. The summed E-state index contributed by atoms with van der Waals surface area (Å²) < 4.78 is 10.9. The molecule has 0 aromatic heterocycles. The molecule has 0 rings (SSSR count). The average Bonchev–Trinajstić information content (AvgIpc) is 2.80. The second-order valence-corrected chi connectivity index (χ2v) is 9.12. The summed E-state index contributed by atoms with van der Waals surface area (Å²) in [5.74, 6) is -0.217. The van der Waals surface area contributed by atoms with Gasteiger partial charge in [0.1, 0.15) is 6.10 Å². The summed E-state index contributed by atoms with van der Waals surface area (Å²) in [6.07, 6.45) is 26.8. The van der Waals surface area contributed by atoms with Crippen molar-refractivity contribution in [3.05, 3.63) is 12.2 Å². The number of ether oxygens (including phenoxy) is 2. The number of aliphatic hydroxyl groups excluding tert-OH is 1. The molecule has 0 aliphatic rings. The van der Waals surface area contributed by atoms with Gasteiger partial charge in [-0.1, -0.05) is 103 Å². The van der Waals surface area contributed by atoms with Crippen LogP contribution in [0.2, 0.25) is 0 Å². The van der Waals surface area contributed by atoms with Crippen LogP contribution in [0.25, 0.3) is 0 Å². The van der Waals surface area contributed by atoms with Crippen LogP contribution in [0, 0.1) is 0 Å². The Morgan fingerprint density at radius 3 is 1.78 bits per heavy atom. The van der Waals surface area contributed by atoms with Crippen LogP contribution in [-0.4, -0.2) is 37.0 Å². The van der Waals surface area contributed by atoms with Crippen LogP contribution in [0.1, 0.15) is 136 Å². The summed E-state index contributed by atoms with van der Waals surface area (Å²) in [4.78, 5) is 11.8. The Morgan fingerprint density at radius 1 is 0.719 bits per heavy atom. The fourth-order valence-electron chi connectivity index (χ4n) is 3.73. The van der Waals surface area contributed by atoms with Gasteiger partial charge in [-0.15, -0.1) is 0 Å². The number of esters is 1. The molecule has 0 heterocycles. The molecule has 0 fully saturated rings. The Hall–Kier alpha value is -0.870. The van der Waals surface area contributed by atoms with Gasteiger partial charge in [-0.2, -0.15) is 0 Å². The maximum atomic E-state index is 11.8. The van der Waals surface area contributed by atoms with Gasteiger partial charge in [-0.05, 0) is 38.5 Å². The van der Waals surface area contributed by atoms with E-state index in [-0.39, 0.29) is 12.6 Å². The molecule has 4 nitrogen and oxygen atoms in total. The molecule has 0 aliphatic carbocycles. The van der Waals surface area contributed by atoms with Gasteiger partial charge in [0.15, 0.2) is 0 Å². The van der Waals surface area contributed by atoms with Crippen molar-refractivity contribution in [2.24, 2.45) is 0 Å². The summed E-state index contributed by atoms with van der Waals surface area (Å²) in [6.45, 7) is 5.24. The molecule has 4 heteroatoms. The van der Waals surface area contributed by atoms with Crippen LogP contribution in [0.3, 0.4) is 0 Å². The normalized spacial score (nSPS) is 12.5. The van der Waals surface area contributed by atoms with E-state index in [1.54, 1.807) is 0 Å². The van der Waals surface area contributed by atoms with Gasteiger partial charge < -0.3 is 14.6 Å². The number of unbranched alkanes of at least 4 members (excludes halogenated alkanes) is 15. The van der Waals surface area contributed by atoms with Crippen LogP contribution in [0.5, 0.6) is 0 Å². The number of hydrogen-bond acceptors (Lipinski definition) is 4. The lowest BCUT2D eigenvalue weighted by Gasteiger charge is -2.15. The van der Waals surface area contributed by atoms with Gasteiger partial charge in [0, 0.05) is 13.0 Å². The summed E-state index contributed by atoms with van der Waals surface area (Å²) >= 11 is 0. The van der Waals surface area contributed by atoms with Gasteiger partial charge in [-0.25, -0.2) is 0 Å². The van der Waals surface area contributed by atoms with E-state index in [4.69, 9.17) is 9.47 Å². The Labute approximate surface area is 199 Å². The predicted octanol–water partition coefficient (Wildman–Crippen LogP) is 7.92. The van der Waals surface area contributed by atoms with E-state index < -0.39 is 6.10 Å². The van der Waals surface area contributed by atoms with Gasteiger partial charge in [0.25, 0.3) is 0 Å². The number of carbonyl (C=O) groups excluding carboxylic acids is 1. The monoisotopic (exact) mass is 454 g/mol. The average molecular weight is 455 g/mol. The molecule has 0 aliphatic heterocycles. The maximum Gasteiger partial charge on any atom is 0.306 e. The Balaban J connectivity index is 3.40. The van der Waals surface area contributed by atoms with E-state index >= 15 is 0 Å². The smallest absolute Gasteiger partial charge is 0.306 e. The van der Waals surface area contributed by atoms with Gasteiger partial charge in [0.2, 0.25) is 0 Å². The van der Waals surface area contributed by atoms with Crippen LogP contribution in [0.4, 0.5) is 0 Å². The highest BCUT2D eigenvalue weighted by Gasteiger charge is 2.13. The Kier molecular flexibility index (Phi) is 25.7. The lowest BCUT2D eigenvalue weighted by molar-refractivity contribution is -0.154. The quantitative estimate of drug-likeness (QED) is 0.0864. The highest BCUT2D eigenvalue weighted by atomic mass is 16.6. The van der Waals surface area contributed by atoms with Crippen molar-refractivity contribution in [2.75, 3.05) is 19.8 Å². The SMILES string of the molecule is CCCCCCC/C=C\CCCCCCCCOCC(CO)OC(=O)CCCCCCC. The maximum absolute atomic E-state index is 11.8. The van der Waals surface area contributed by atoms with Crippen molar-refractivity contribution in [1.82, 2.24) is 0 Å². The third kappa shape index (κ3) is 23.8. The molecular weight excluding hydrogens is 400 g/mol. The minimum absolute atomic E-state index is 0.172. The molecule has 0 spiro atoms. The van der Waals surface area contributed by atoms with E-state index in [1.807, 2.05) is 0 Å². The zero-order chi connectivity index (χ0) is 23.5.